The van der Waals surface area contributed by atoms with Gasteiger partial charge in [-0.3, -0.25) is 9.59 Å². The Morgan fingerprint density at radius 3 is 2.23 bits per heavy atom. The van der Waals surface area contributed by atoms with Crippen molar-refractivity contribution in [3.8, 4) is 5.75 Å². The molecule has 39 heavy (non-hydrogen) atoms. The highest BCUT2D eigenvalue weighted by Crippen LogP contribution is 2.20. The standard InChI is InChI=1S/C28H31F3N4O4/c29-28(30,31)27(38)39-22-11-8-18(9-12-22)13-15-34-26(37)24(35-25(36)23(33)6-3-14-32)17-19-7-10-20-4-1-2-5-21(20)16-19/h1-2,4-5,7-12,16,23-24H,3,6,13-15,17,32-33H2,(H,34,37)(H,35,36)/t23-,24+/m1/s1. The van der Waals surface area contributed by atoms with E-state index in [4.69, 9.17) is 11.5 Å². The lowest BCUT2D eigenvalue weighted by Gasteiger charge is -2.21. The Kier molecular flexibility index (Phi) is 10.4. The fourth-order valence-electron chi connectivity index (χ4n) is 3.90. The molecule has 2 amide bonds. The minimum Gasteiger partial charge on any atom is -0.420 e. The van der Waals surface area contributed by atoms with Gasteiger partial charge in [-0.25, -0.2) is 4.79 Å². The van der Waals surface area contributed by atoms with Crippen LogP contribution < -0.4 is 26.8 Å². The van der Waals surface area contributed by atoms with E-state index < -0.39 is 36.0 Å². The highest BCUT2D eigenvalue weighted by Gasteiger charge is 2.41. The molecule has 0 aliphatic rings. The van der Waals surface area contributed by atoms with Crippen LogP contribution in [0.15, 0.2) is 66.7 Å². The monoisotopic (exact) mass is 544 g/mol. The average Bonchev–Trinajstić information content (AvgIpc) is 2.91. The number of carbonyl (C=O) groups is 3. The predicted molar refractivity (Wildman–Crippen MR) is 141 cm³/mol. The first kappa shape index (κ1) is 29.6. The van der Waals surface area contributed by atoms with Gasteiger partial charge in [0.1, 0.15) is 11.8 Å². The lowest BCUT2D eigenvalue weighted by Crippen LogP contribution is -2.52. The summed E-state index contributed by atoms with van der Waals surface area (Å²) in [6, 6.07) is 17.4. The van der Waals surface area contributed by atoms with Crippen LogP contribution in [0.2, 0.25) is 0 Å². The molecule has 0 heterocycles. The molecule has 0 saturated heterocycles. The Morgan fingerprint density at radius 1 is 0.897 bits per heavy atom. The van der Waals surface area contributed by atoms with Crippen molar-refractivity contribution in [1.29, 1.82) is 0 Å². The van der Waals surface area contributed by atoms with Gasteiger partial charge in [0.15, 0.2) is 0 Å². The van der Waals surface area contributed by atoms with Crippen LogP contribution in [0.25, 0.3) is 10.8 Å². The Bertz CT molecular complexity index is 1280. The molecular formula is C28H31F3N4O4. The Morgan fingerprint density at radius 2 is 1.56 bits per heavy atom. The van der Waals surface area contributed by atoms with E-state index >= 15 is 0 Å². The van der Waals surface area contributed by atoms with Crippen molar-refractivity contribution in [3.05, 3.63) is 77.9 Å². The highest BCUT2D eigenvalue weighted by atomic mass is 19.4. The molecule has 0 aromatic heterocycles. The number of fused-ring (bicyclic) bond motifs is 1. The van der Waals surface area contributed by atoms with Crippen molar-refractivity contribution in [3.63, 3.8) is 0 Å². The molecule has 3 aromatic rings. The van der Waals surface area contributed by atoms with Crippen molar-refractivity contribution in [2.75, 3.05) is 13.1 Å². The molecule has 0 aliphatic carbocycles. The third kappa shape index (κ3) is 9.08. The van der Waals surface area contributed by atoms with Crippen LogP contribution in [0.4, 0.5) is 13.2 Å². The Balaban J connectivity index is 1.63. The maximum Gasteiger partial charge on any atom is 0.491 e. The van der Waals surface area contributed by atoms with E-state index in [1.165, 1.54) is 24.3 Å². The minimum absolute atomic E-state index is 0.198. The predicted octanol–water partition coefficient (Wildman–Crippen LogP) is 2.76. The fourth-order valence-corrected chi connectivity index (χ4v) is 3.90. The molecular weight excluding hydrogens is 513 g/mol. The number of carbonyl (C=O) groups excluding carboxylic acids is 3. The average molecular weight is 545 g/mol. The summed E-state index contributed by atoms with van der Waals surface area (Å²) in [6.45, 7) is 0.595. The third-order valence-electron chi connectivity index (χ3n) is 6.02. The lowest BCUT2D eigenvalue weighted by atomic mass is 10.0. The van der Waals surface area contributed by atoms with Crippen molar-refractivity contribution < 1.29 is 32.3 Å². The largest absolute Gasteiger partial charge is 0.491 e. The fraction of sp³-hybridized carbons (Fsp3) is 0.321. The molecule has 0 aliphatic heterocycles. The van der Waals surface area contributed by atoms with Crippen molar-refractivity contribution in [2.45, 2.75) is 43.9 Å². The van der Waals surface area contributed by atoms with Crippen LogP contribution in [-0.4, -0.2) is 49.1 Å². The van der Waals surface area contributed by atoms with Crippen molar-refractivity contribution >= 4 is 28.6 Å². The molecule has 2 atom stereocenters. The van der Waals surface area contributed by atoms with E-state index in [0.717, 1.165) is 16.3 Å². The number of hydrogen-bond donors (Lipinski definition) is 4. The summed E-state index contributed by atoms with van der Waals surface area (Å²) in [5.74, 6) is -3.40. The van der Waals surface area contributed by atoms with E-state index in [2.05, 4.69) is 15.4 Å². The van der Waals surface area contributed by atoms with Crippen LogP contribution in [-0.2, 0) is 27.2 Å². The van der Waals surface area contributed by atoms with Gasteiger partial charge in [-0.2, -0.15) is 13.2 Å². The first-order chi connectivity index (χ1) is 18.6. The summed E-state index contributed by atoms with van der Waals surface area (Å²) in [5.41, 5.74) is 13.0. The molecule has 3 aromatic carbocycles. The van der Waals surface area contributed by atoms with E-state index in [1.807, 2.05) is 42.5 Å². The molecule has 8 nitrogen and oxygen atoms in total. The highest BCUT2D eigenvalue weighted by molar-refractivity contribution is 5.90. The maximum atomic E-state index is 13.1. The number of nitrogens with two attached hydrogens (primary N) is 2. The molecule has 0 unspecified atom stereocenters. The van der Waals surface area contributed by atoms with Crippen LogP contribution in [0.5, 0.6) is 5.75 Å². The first-order valence-corrected chi connectivity index (χ1v) is 12.5. The number of alkyl halides is 3. The molecule has 6 N–H and O–H groups in total. The molecule has 0 saturated carbocycles. The number of amides is 2. The van der Waals surface area contributed by atoms with Crippen LogP contribution in [0.1, 0.15) is 24.0 Å². The van der Waals surface area contributed by atoms with Gasteiger partial charge in [0.2, 0.25) is 11.8 Å². The summed E-state index contributed by atoms with van der Waals surface area (Å²) in [5, 5.41) is 7.60. The zero-order valence-corrected chi connectivity index (χ0v) is 21.2. The van der Waals surface area contributed by atoms with Gasteiger partial charge in [-0.05, 0) is 59.8 Å². The molecule has 0 spiro atoms. The molecule has 3 rings (SSSR count). The zero-order chi connectivity index (χ0) is 28.4. The van der Waals surface area contributed by atoms with E-state index in [9.17, 15) is 27.6 Å². The Labute approximate surface area is 223 Å². The summed E-state index contributed by atoms with van der Waals surface area (Å²) < 4.78 is 41.3. The second kappa shape index (κ2) is 13.7. The van der Waals surface area contributed by atoms with Gasteiger partial charge in [-0.15, -0.1) is 0 Å². The SMILES string of the molecule is NCCC[C@@H](N)C(=O)N[C@@H](Cc1ccc2ccccc2c1)C(=O)NCCc1ccc(OC(=O)C(F)(F)F)cc1. The number of ether oxygens (including phenoxy) is 1. The van der Waals surface area contributed by atoms with Gasteiger partial charge in [0, 0.05) is 13.0 Å². The molecule has 208 valence electrons. The summed E-state index contributed by atoms with van der Waals surface area (Å²) in [7, 11) is 0. The van der Waals surface area contributed by atoms with Gasteiger partial charge in [-0.1, -0.05) is 54.6 Å². The number of halogens is 3. The molecule has 0 bridgehead atoms. The van der Waals surface area contributed by atoms with E-state index in [-0.39, 0.29) is 18.7 Å². The number of hydrogen-bond acceptors (Lipinski definition) is 6. The summed E-state index contributed by atoms with van der Waals surface area (Å²) in [6.07, 6.45) is -3.53. The maximum absolute atomic E-state index is 13.1. The van der Waals surface area contributed by atoms with Crippen molar-refractivity contribution in [1.82, 2.24) is 10.6 Å². The Hall–Kier alpha value is -3.96. The number of nitrogens with one attached hydrogen (secondary N) is 2. The zero-order valence-electron chi connectivity index (χ0n) is 21.2. The topological polar surface area (TPSA) is 137 Å². The minimum atomic E-state index is -5.09. The van der Waals surface area contributed by atoms with Crippen LogP contribution in [0.3, 0.4) is 0 Å². The molecule has 0 radical (unpaired) electrons. The number of rotatable bonds is 12. The van der Waals surface area contributed by atoms with Gasteiger partial charge in [0.25, 0.3) is 0 Å². The van der Waals surface area contributed by atoms with Gasteiger partial charge in [0.05, 0.1) is 6.04 Å². The summed E-state index contributed by atoms with van der Waals surface area (Å²) in [4.78, 5) is 36.7. The second-order valence-electron chi connectivity index (χ2n) is 9.06. The lowest BCUT2D eigenvalue weighted by molar-refractivity contribution is -0.189. The smallest absolute Gasteiger partial charge is 0.420 e. The van der Waals surface area contributed by atoms with E-state index in [0.29, 0.717) is 31.4 Å². The van der Waals surface area contributed by atoms with Crippen LogP contribution in [0, 0.1) is 0 Å². The number of benzene rings is 3. The van der Waals surface area contributed by atoms with Crippen molar-refractivity contribution in [2.24, 2.45) is 11.5 Å². The van der Waals surface area contributed by atoms with Gasteiger partial charge >= 0.3 is 12.1 Å². The molecule has 0 fully saturated rings. The van der Waals surface area contributed by atoms with Gasteiger partial charge < -0.3 is 26.8 Å². The third-order valence-corrected chi connectivity index (χ3v) is 6.02. The summed E-state index contributed by atoms with van der Waals surface area (Å²) >= 11 is 0. The first-order valence-electron chi connectivity index (χ1n) is 12.5. The normalized spacial score (nSPS) is 12.9. The van der Waals surface area contributed by atoms with Crippen LogP contribution >= 0.6 is 0 Å². The molecule has 11 heteroatoms. The second-order valence-corrected chi connectivity index (χ2v) is 9.06. The number of esters is 1. The van der Waals surface area contributed by atoms with E-state index in [1.54, 1.807) is 0 Å². The quantitative estimate of drug-likeness (QED) is 0.205.